The molecule has 1 amide bonds. The number of carbonyl (C=O) groups is 1. The first-order valence-electron chi connectivity index (χ1n) is 7.37. The molecule has 0 spiro atoms. The quantitative estimate of drug-likeness (QED) is 0.618. The molecule has 0 aliphatic rings. The fourth-order valence-corrected chi connectivity index (χ4v) is 2.25. The molecule has 3 rings (SSSR count). The Morgan fingerprint density at radius 1 is 0.885 bits per heavy atom. The Kier molecular flexibility index (Phi) is 5.09. The predicted octanol–water partition coefficient (Wildman–Crippen LogP) is 5.15. The van der Waals surface area contributed by atoms with Gasteiger partial charge in [-0.3, -0.25) is 4.79 Å². The van der Waals surface area contributed by atoms with Gasteiger partial charge in [0.25, 0.3) is 5.91 Å². The van der Waals surface area contributed by atoms with Crippen LogP contribution in [0.1, 0.15) is 10.4 Å². The van der Waals surface area contributed by atoms with Crippen LogP contribution in [0.5, 0.6) is 0 Å². The molecule has 0 saturated carbocycles. The molecule has 0 radical (unpaired) electrons. The molecule has 0 unspecified atom stereocenters. The number of hydrogen-bond donors (Lipinski definition) is 2. The number of aromatic nitrogens is 1. The van der Waals surface area contributed by atoms with E-state index in [2.05, 4.69) is 15.6 Å². The molecule has 132 valence electrons. The maximum absolute atomic E-state index is 13.6. The van der Waals surface area contributed by atoms with Crippen molar-refractivity contribution >= 4 is 34.7 Å². The zero-order chi connectivity index (χ0) is 18.7. The van der Waals surface area contributed by atoms with E-state index in [9.17, 15) is 18.0 Å². The first kappa shape index (κ1) is 17.8. The number of amides is 1. The summed E-state index contributed by atoms with van der Waals surface area (Å²) in [6.45, 7) is 0. The van der Waals surface area contributed by atoms with E-state index in [1.165, 1.54) is 12.3 Å². The summed E-state index contributed by atoms with van der Waals surface area (Å²) in [5.41, 5.74) is 0.426. The van der Waals surface area contributed by atoms with E-state index >= 15 is 0 Å². The standard InChI is InChI=1S/C18H11ClF3N3O/c19-10-1-3-11(4-2-10)24-15-8-5-12(9-23-15)25-18(26)13-6-7-14(20)17(22)16(13)21/h1-9H,(H,23,24)(H,25,26). The molecule has 2 N–H and O–H groups in total. The summed E-state index contributed by atoms with van der Waals surface area (Å²) in [5.74, 6) is -5.01. The average Bonchev–Trinajstić information content (AvgIpc) is 2.63. The Morgan fingerprint density at radius 2 is 1.58 bits per heavy atom. The summed E-state index contributed by atoms with van der Waals surface area (Å²) in [5, 5.41) is 6.00. The Bertz CT molecular complexity index is 947. The first-order chi connectivity index (χ1) is 12.4. The lowest BCUT2D eigenvalue weighted by molar-refractivity contribution is 0.102. The maximum Gasteiger partial charge on any atom is 0.258 e. The van der Waals surface area contributed by atoms with Crippen molar-refractivity contribution in [3.63, 3.8) is 0 Å². The Labute approximate surface area is 151 Å². The second-order valence-corrected chi connectivity index (χ2v) is 5.68. The number of hydrogen-bond acceptors (Lipinski definition) is 3. The summed E-state index contributed by atoms with van der Waals surface area (Å²) in [6, 6.07) is 11.6. The van der Waals surface area contributed by atoms with Crippen LogP contribution < -0.4 is 10.6 Å². The molecular weight excluding hydrogens is 367 g/mol. The molecule has 26 heavy (non-hydrogen) atoms. The highest BCUT2D eigenvalue weighted by Crippen LogP contribution is 2.20. The lowest BCUT2D eigenvalue weighted by Gasteiger charge is -2.09. The number of rotatable bonds is 4. The van der Waals surface area contributed by atoms with Gasteiger partial charge in [0.2, 0.25) is 0 Å². The van der Waals surface area contributed by atoms with Crippen molar-refractivity contribution in [3.8, 4) is 0 Å². The van der Waals surface area contributed by atoms with Crippen LogP contribution in [0.4, 0.5) is 30.4 Å². The summed E-state index contributed by atoms with van der Waals surface area (Å²) < 4.78 is 39.8. The van der Waals surface area contributed by atoms with Crippen molar-refractivity contribution in [1.29, 1.82) is 0 Å². The molecule has 3 aromatic rings. The molecule has 1 heterocycles. The second kappa shape index (κ2) is 7.45. The third kappa shape index (κ3) is 3.94. The summed E-state index contributed by atoms with van der Waals surface area (Å²) in [7, 11) is 0. The van der Waals surface area contributed by atoms with Gasteiger partial charge in [0.15, 0.2) is 17.5 Å². The van der Waals surface area contributed by atoms with Crippen molar-refractivity contribution in [2.24, 2.45) is 0 Å². The summed E-state index contributed by atoms with van der Waals surface area (Å²) >= 11 is 5.81. The van der Waals surface area contributed by atoms with E-state index < -0.39 is 28.9 Å². The van der Waals surface area contributed by atoms with E-state index in [-0.39, 0.29) is 5.69 Å². The third-order valence-corrected chi connectivity index (χ3v) is 3.67. The van der Waals surface area contributed by atoms with Crippen LogP contribution in [0.15, 0.2) is 54.7 Å². The molecule has 2 aromatic carbocycles. The fourth-order valence-electron chi connectivity index (χ4n) is 2.12. The minimum absolute atomic E-state index is 0.265. The number of benzene rings is 2. The van der Waals surface area contributed by atoms with Crippen LogP contribution in [-0.2, 0) is 0 Å². The molecular formula is C18H11ClF3N3O. The van der Waals surface area contributed by atoms with Crippen LogP contribution in [-0.4, -0.2) is 10.9 Å². The fraction of sp³-hybridized carbons (Fsp3) is 0. The molecule has 0 atom stereocenters. The Balaban J connectivity index is 1.70. The van der Waals surface area contributed by atoms with E-state index in [1.54, 1.807) is 30.3 Å². The number of pyridine rings is 1. The van der Waals surface area contributed by atoms with E-state index in [4.69, 9.17) is 11.6 Å². The van der Waals surface area contributed by atoms with Gasteiger partial charge in [-0.15, -0.1) is 0 Å². The summed E-state index contributed by atoms with van der Waals surface area (Å²) in [4.78, 5) is 16.1. The smallest absolute Gasteiger partial charge is 0.258 e. The zero-order valence-electron chi connectivity index (χ0n) is 13.1. The molecule has 8 heteroatoms. The lowest BCUT2D eigenvalue weighted by Crippen LogP contribution is -2.15. The number of halogens is 4. The van der Waals surface area contributed by atoms with Crippen LogP contribution in [0.3, 0.4) is 0 Å². The van der Waals surface area contributed by atoms with Crippen LogP contribution in [0, 0.1) is 17.5 Å². The molecule has 0 fully saturated rings. The molecule has 0 bridgehead atoms. The maximum atomic E-state index is 13.6. The Morgan fingerprint density at radius 3 is 2.23 bits per heavy atom. The van der Waals surface area contributed by atoms with Gasteiger partial charge < -0.3 is 10.6 Å². The number of nitrogens with zero attached hydrogens (tertiary/aromatic N) is 1. The minimum Gasteiger partial charge on any atom is -0.340 e. The molecule has 0 saturated heterocycles. The summed E-state index contributed by atoms with van der Waals surface area (Å²) in [6.07, 6.45) is 1.34. The third-order valence-electron chi connectivity index (χ3n) is 3.42. The number of nitrogens with one attached hydrogen (secondary N) is 2. The molecule has 0 aliphatic heterocycles. The first-order valence-corrected chi connectivity index (χ1v) is 7.75. The predicted molar refractivity (Wildman–Crippen MR) is 93.2 cm³/mol. The van der Waals surface area contributed by atoms with Crippen molar-refractivity contribution in [1.82, 2.24) is 4.98 Å². The molecule has 0 aliphatic carbocycles. The highest BCUT2D eigenvalue weighted by atomic mass is 35.5. The normalized spacial score (nSPS) is 10.5. The van der Waals surface area contributed by atoms with E-state index in [0.717, 1.165) is 11.8 Å². The van der Waals surface area contributed by atoms with Gasteiger partial charge in [0.05, 0.1) is 17.4 Å². The van der Waals surface area contributed by atoms with Gasteiger partial charge in [0.1, 0.15) is 5.82 Å². The topological polar surface area (TPSA) is 54.0 Å². The van der Waals surface area contributed by atoms with Crippen molar-refractivity contribution in [2.75, 3.05) is 10.6 Å². The van der Waals surface area contributed by atoms with Crippen molar-refractivity contribution in [3.05, 3.63) is 82.8 Å². The van der Waals surface area contributed by atoms with Crippen LogP contribution >= 0.6 is 11.6 Å². The van der Waals surface area contributed by atoms with Crippen LogP contribution in [0.25, 0.3) is 0 Å². The highest BCUT2D eigenvalue weighted by Gasteiger charge is 2.18. The lowest BCUT2D eigenvalue weighted by atomic mass is 10.2. The van der Waals surface area contributed by atoms with E-state index in [0.29, 0.717) is 16.9 Å². The number of anilines is 3. The van der Waals surface area contributed by atoms with E-state index in [1.807, 2.05) is 0 Å². The highest BCUT2D eigenvalue weighted by molar-refractivity contribution is 6.30. The average molecular weight is 378 g/mol. The SMILES string of the molecule is O=C(Nc1ccc(Nc2ccc(Cl)cc2)nc1)c1ccc(F)c(F)c1F. The molecule has 1 aromatic heterocycles. The van der Waals surface area contributed by atoms with Crippen molar-refractivity contribution in [2.45, 2.75) is 0 Å². The Hall–Kier alpha value is -3.06. The van der Waals surface area contributed by atoms with Gasteiger partial charge in [-0.05, 0) is 48.5 Å². The van der Waals surface area contributed by atoms with Crippen LogP contribution in [0.2, 0.25) is 5.02 Å². The van der Waals surface area contributed by atoms with Crippen molar-refractivity contribution < 1.29 is 18.0 Å². The van der Waals surface area contributed by atoms with Gasteiger partial charge in [-0.25, -0.2) is 18.2 Å². The minimum atomic E-state index is -1.70. The number of carbonyl (C=O) groups excluding carboxylic acids is 1. The van der Waals surface area contributed by atoms with Gasteiger partial charge in [-0.2, -0.15) is 0 Å². The van der Waals surface area contributed by atoms with Gasteiger partial charge >= 0.3 is 0 Å². The molecule has 4 nitrogen and oxygen atoms in total. The zero-order valence-corrected chi connectivity index (χ0v) is 13.8. The second-order valence-electron chi connectivity index (χ2n) is 5.24. The monoisotopic (exact) mass is 377 g/mol. The largest absolute Gasteiger partial charge is 0.340 e. The van der Waals surface area contributed by atoms with Gasteiger partial charge in [0, 0.05) is 10.7 Å². The van der Waals surface area contributed by atoms with Gasteiger partial charge in [-0.1, -0.05) is 11.6 Å².